The Bertz CT molecular complexity index is 784. The molecule has 3 rings (SSSR count). The highest BCUT2D eigenvalue weighted by atomic mass is 32.2. The van der Waals surface area contributed by atoms with Crippen LogP contribution in [0, 0.1) is 0 Å². The largest absolute Gasteiger partial charge is 0.474 e. The molecule has 0 aliphatic heterocycles. The van der Waals surface area contributed by atoms with Crippen molar-refractivity contribution in [3.63, 3.8) is 0 Å². The molecule has 0 saturated heterocycles. The topological polar surface area (TPSA) is 68.3 Å². The number of nitrogens with zero attached hydrogens (tertiary/aromatic N) is 1. The zero-order valence-corrected chi connectivity index (χ0v) is 15.9. The van der Waals surface area contributed by atoms with Gasteiger partial charge in [0, 0.05) is 18.3 Å². The number of nitrogens with one attached hydrogen (secondary N) is 1. The molecule has 0 unspecified atom stereocenters. The molecule has 1 aliphatic rings. The maximum atomic E-state index is 12.6. The molecule has 1 aliphatic carbocycles. The fourth-order valence-electron chi connectivity index (χ4n) is 3.30. The quantitative estimate of drug-likeness (QED) is 0.802. The minimum atomic E-state index is -3.47. The van der Waals surface area contributed by atoms with Crippen LogP contribution in [-0.4, -0.2) is 25.5 Å². The Labute approximate surface area is 155 Å². The van der Waals surface area contributed by atoms with Crippen molar-refractivity contribution in [2.24, 2.45) is 0 Å². The van der Waals surface area contributed by atoms with Crippen molar-refractivity contribution in [1.29, 1.82) is 0 Å². The first-order chi connectivity index (χ1) is 12.6. The molecule has 0 spiro atoms. The van der Waals surface area contributed by atoms with Gasteiger partial charge in [0.1, 0.15) is 6.10 Å². The van der Waals surface area contributed by atoms with E-state index >= 15 is 0 Å². The Morgan fingerprint density at radius 1 is 1.08 bits per heavy atom. The molecule has 0 radical (unpaired) electrons. The van der Waals surface area contributed by atoms with Crippen LogP contribution < -0.4 is 9.46 Å². The Morgan fingerprint density at radius 2 is 1.81 bits per heavy atom. The van der Waals surface area contributed by atoms with Crippen molar-refractivity contribution in [3.05, 3.63) is 54.2 Å². The summed E-state index contributed by atoms with van der Waals surface area (Å²) in [5.41, 5.74) is 1.17. The molecule has 1 heterocycles. The van der Waals surface area contributed by atoms with Crippen LogP contribution in [0.1, 0.15) is 44.6 Å². The molecule has 1 fully saturated rings. The molecular weight excluding hydrogens is 348 g/mol. The van der Waals surface area contributed by atoms with E-state index in [1.807, 2.05) is 30.3 Å². The van der Waals surface area contributed by atoms with E-state index in [1.54, 1.807) is 18.3 Å². The molecule has 1 aromatic heterocycles. The number of aromatic nitrogens is 1. The van der Waals surface area contributed by atoms with Crippen LogP contribution in [0.3, 0.4) is 0 Å². The lowest BCUT2D eigenvalue weighted by molar-refractivity contribution is 0.138. The van der Waals surface area contributed by atoms with Gasteiger partial charge >= 0.3 is 0 Å². The summed E-state index contributed by atoms with van der Waals surface area (Å²) in [5, 5.41) is 0. The highest BCUT2D eigenvalue weighted by Gasteiger charge is 2.26. The second-order valence-electron chi connectivity index (χ2n) is 6.77. The maximum Gasteiger partial charge on any atom is 0.240 e. The van der Waals surface area contributed by atoms with E-state index < -0.39 is 10.0 Å². The minimum Gasteiger partial charge on any atom is -0.474 e. The molecule has 0 bridgehead atoms. The van der Waals surface area contributed by atoms with Crippen molar-refractivity contribution in [2.45, 2.75) is 62.5 Å². The first kappa shape index (κ1) is 18.9. The van der Waals surface area contributed by atoms with E-state index in [1.165, 1.54) is 5.56 Å². The zero-order chi connectivity index (χ0) is 18.4. The van der Waals surface area contributed by atoms with Gasteiger partial charge in [0.2, 0.25) is 15.9 Å². The van der Waals surface area contributed by atoms with Crippen LogP contribution in [0.4, 0.5) is 0 Å². The number of ether oxygens (including phenoxy) is 1. The third kappa shape index (κ3) is 5.05. The smallest absolute Gasteiger partial charge is 0.240 e. The molecule has 5 nitrogen and oxygen atoms in total. The van der Waals surface area contributed by atoms with Crippen LogP contribution >= 0.6 is 0 Å². The maximum absolute atomic E-state index is 12.6. The number of rotatable bonds is 7. The van der Waals surface area contributed by atoms with Crippen LogP contribution in [0.25, 0.3) is 0 Å². The van der Waals surface area contributed by atoms with Gasteiger partial charge in [-0.05, 0) is 55.9 Å². The van der Waals surface area contributed by atoms with E-state index in [-0.39, 0.29) is 12.1 Å². The minimum absolute atomic E-state index is 0.0427. The van der Waals surface area contributed by atoms with Gasteiger partial charge < -0.3 is 4.74 Å². The molecule has 6 heteroatoms. The van der Waals surface area contributed by atoms with Gasteiger partial charge in [0.15, 0.2) is 0 Å². The number of sulfonamides is 1. The number of hydrogen-bond acceptors (Lipinski definition) is 4. The molecular formula is C20H26N2O3S. The van der Waals surface area contributed by atoms with E-state index in [2.05, 4.69) is 16.6 Å². The monoisotopic (exact) mass is 374 g/mol. The summed E-state index contributed by atoms with van der Waals surface area (Å²) in [7, 11) is -3.47. The van der Waals surface area contributed by atoms with Gasteiger partial charge in [-0.15, -0.1) is 0 Å². The molecule has 0 atom stereocenters. The van der Waals surface area contributed by atoms with Gasteiger partial charge in [-0.1, -0.05) is 31.5 Å². The third-order valence-electron chi connectivity index (χ3n) is 4.69. The van der Waals surface area contributed by atoms with E-state index in [9.17, 15) is 8.42 Å². The third-order valence-corrected chi connectivity index (χ3v) is 6.23. The van der Waals surface area contributed by atoms with E-state index in [4.69, 9.17) is 4.74 Å². The molecule has 1 aromatic carbocycles. The standard InChI is InChI=1S/C20H26N2O3S/c1-2-5-16-7-13-19(14-8-16)26(23,24)22-17-9-11-18(12-10-17)25-20-6-3-4-15-21-20/h3-4,6-8,13-15,17-18,22H,2,5,9-12H2,1H3. The summed E-state index contributed by atoms with van der Waals surface area (Å²) in [6, 6.07) is 12.7. The van der Waals surface area contributed by atoms with Gasteiger partial charge in [-0.25, -0.2) is 18.1 Å². The second kappa shape index (κ2) is 8.64. The average molecular weight is 375 g/mol. The van der Waals surface area contributed by atoms with Crippen molar-refractivity contribution >= 4 is 10.0 Å². The predicted octanol–water partition coefficient (Wildman–Crippen LogP) is 3.70. The highest BCUT2D eigenvalue weighted by Crippen LogP contribution is 2.24. The highest BCUT2D eigenvalue weighted by molar-refractivity contribution is 7.89. The Hall–Kier alpha value is -1.92. The summed E-state index contributed by atoms with van der Waals surface area (Å²) in [4.78, 5) is 4.51. The lowest BCUT2D eigenvalue weighted by Crippen LogP contribution is -2.39. The molecule has 1 N–H and O–H groups in total. The summed E-state index contributed by atoms with van der Waals surface area (Å²) in [6.45, 7) is 2.11. The van der Waals surface area contributed by atoms with Crippen molar-refractivity contribution < 1.29 is 13.2 Å². The van der Waals surface area contributed by atoms with E-state index in [0.717, 1.165) is 38.5 Å². The Morgan fingerprint density at radius 3 is 2.42 bits per heavy atom. The lowest BCUT2D eigenvalue weighted by atomic mass is 9.94. The number of benzene rings is 1. The second-order valence-corrected chi connectivity index (χ2v) is 8.49. The summed E-state index contributed by atoms with van der Waals surface area (Å²) in [6.07, 6.45) is 7.00. The molecule has 0 amide bonds. The first-order valence-electron chi connectivity index (χ1n) is 9.26. The number of aryl methyl sites for hydroxylation is 1. The average Bonchev–Trinajstić information content (AvgIpc) is 2.65. The number of hydrogen-bond donors (Lipinski definition) is 1. The summed E-state index contributed by atoms with van der Waals surface area (Å²) >= 11 is 0. The molecule has 26 heavy (non-hydrogen) atoms. The summed E-state index contributed by atoms with van der Waals surface area (Å²) < 4.78 is 33.9. The first-order valence-corrected chi connectivity index (χ1v) is 10.7. The van der Waals surface area contributed by atoms with Gasteiger partial charge in [0.25, 0.3) is 0 Å². The molecule has 2 aromatic rings. The van der Waals surface area contributed by atoms with Crippen LogP contribution in [-0.2, 0) is 16.4 Å². The van der Waals surface area contributed by atoms with E-state index in [0.29, 0.717) is 10.8 Å². The summed E-state index contributed by atoms with van der Waals surface area (Å²) in [5.74, 6) is 0.628. The van der Waals surface area contributed by atoms with Crippen LogP contribution in [0.2, 0.25) is 0 Å². The Kier molecular flexibility index (Phi) is 6.27. The van der Waals surface area contributed by atoms with Crippen LogP contribution in [0.5, 0.6) is 5.88 Å². The van der Waals surface area contributed by atoms with Gasteiger partial charge in [-0.2, -0.15) is 0 Å². The fourth-order valence-corrected chi connectivity index (χ4v) is 4.60. The molecule has 140 valence electrons. The fraction of sp³-hybridized carbons (Fsp3) is 0.450. The van der Waals surface area contributed by atoms with Crippen molar-refractivity contribution in [2.75, 3.05) is 0 Å². The zero-order valence-electron chi connectivity index (χ0n) is 15.1. The van der Waals surface area contributed by atoms with Gasteiger partial charge in [-0.3, -0.25) is 0 Å². The van der Waals surface area contributed by atoms with Crippen molar-refractivity contribution in [1.82, 2.24) is 9.71 Å². The predicted molar refractivity (Wildman–Crippen MR) is 102 cm³/mol. The molecule has 1 saturated carbocycles. The number of pyridine rings is 1. The van der Waals surface area contributed by atoms with Gasteiger partial charge in [0.05, 0.1) is 4.90 Å². The lowest BCUT2D eigenvalue weighted by Gasteiger charge is -2.29. The SMILES string of the molecule is CCCc1ccc(S(=O)(=O)NC2CCC(Oc3ccccn3)CC2)cc1. The normalized spacial score (nSPS) is 20.7. The Balaban J connectivity index is 1.53. The van der Waals surface area contributed by atoms with Crippen molar-refractivity contribution in [3.8, 4) is 5.88 Å². The van der Waals surface area contributed by atoms with Crippen LogP contribution in [0.15, 0.2) is 53.6 Å².